The van der Waals surface area contributed by atoms with Gasteiger partial charge >= 0.3 is 0 Å². The quantitative estimate of drug-likeness (QED) is 0.728. The van der Waals surface area contributed by atoms with E-state index < -0.39 is 0 Å². The summed E-state index contributed by atoms with van der Waals surface area (Å²) in [6, 6.07) is 9.65. The highest BCUT2D eigenvalue weighted by Crippen LogP contribution is 2.34. The van der Waals surface area contributed by atoms with E-state index in [1.807, 2.05) is 6.20 Å². The number of piperidine rings is 1. The van der Waals surface area contributed by atoms with Crippen molar-refractivity contribution < 1.29 is 0 Å². The van der Waals surface area contributed by atoms with Crippen molar-refractivity contribution >= 4 is 10.9 Å². The van der Waals surface area contributed by atoms with Crippen LogP contribution in [0, 0.1) is 0 Å². The number of nitrogens with one attached hydrogen (secondary N) is 1. The lowest BCUT2D eigenvalue weighted by Crippen LogP contribution is -2.44. The van der Waals surface area contributed by atoms with Crippen LogP contribution in [0.3, 0.4) is 0 Å². The fourth-order valence-electron chi connectivity index (χ4n) is 4.65. The van der Waals surface area contributed by atoms with E-state index in [-0.39, 0.29) is 0 Å². The number of nitrogens with zero attached hydrogens (tertiary/aromatic N) is 4. The van der Waals surface area contributed by atoms with Crippen LogP contribution < -0.4 is 0 Å². The third kappa shape index (κ3) is 2.98. The van der Waals surface area contributed by atoms with Gasteiger partial charge in [0.2, 0.25) is 0 Å². The van der Waals surface area contributed by atoms with E-state index in [1.54, 1.807) is 0 Å². The van der Waals surface area contributed by atoms with Crippen LogP contribution >= 0.6 is 0 Å². The van der Waals surface area contributed by atoms with Crippen molar-refractivity contribution in [1.82, 2.24) is 24.6 Å². The highest BCUT2D eigenvalue weighted by atomic mass is 15.3. The molecule has 0 bridgehead atoms. The molecule has 1 N–H and O–H groups in total. The third-order valence-corrected chi connectivity index (χ3v) is 6.48. The zero-order chi connectivity index (χ0) is 18.4. The van der Waals surface area contributed by atoms with Crippen molar-refractivity contribution in [3.8, 4) is 11.5 Å². The van der Waals surface area contributed by atoms with E-state index in [0.29, 0.717) is 12.0 Å². The van der Waals surface area contributed by atoms with E-state index in [1.165, 1.54) is 61.8 Å². The molecule has 2 fully saturated rings. The number of hydrogen-bond donors (Lipinski definition) is 1. The summed E-state index contributed by atoms with van der Waals surface area (Å²) in [4.78, 5) is 11.0. The maximum Gasteiger partial charge on any atom is 0.158 e. The van der Waals surface area contributed by atoms with Gasteiger partial charge < -0.3 is 9.88 Å². The molecule has 1 saturated carbocycles. The Labute approximate surface area is 160 Å². The summed E-state index contributed by atoms with van der Waals surface area (Å²) in [6.45, 7) is 6.81. The third-order valence-electron chi connectivity index (χ3n) is 6.48. The SMILES string of the molecule is CC(C)n1nc(-c2ncc(C3CCN(C4CCC4)CC3)[nH]2)c2ccccc21. The molecule has 1 aromatic carbocycles. The van der Waals surface area contributed by atoms with Gasteiger partial charge in [0.1, 0.15) is 5.69 Å². The Morgan fingerprint density at radius 3 is 2.56 bits per heavy atom. The summed E-state index contributed by atoms with van der Waals surface area (Å²) in [5, 5.41) is 6.06. The average molecular weight is 364 g/mol. The van der Waals surface area contributed by atoms with Crippen LogP contribution in [-0.4, -0.2) is 43.8 Å². The number of fused-ring (bicyclic) bond motifs is 1. The van der Waals surface area contributed by atoms with Crippen molar-refractivity contribution in [1.29, 1.82) is 0 Å². The highest BCUT2D eigenvalue weighted by Gasteiger charge is 2.30. The molecule has 0 amide bonds. The smallest absolute Gasteiger partial charge is 0.158 e. The van der Waals surface area contributed by atoms with Crippen molar-refractivity contribution in [2.24, 2.45) is 0 Å². The summed E-state index contributed by atoms with van der Waals surface area (Å²) in [5.74, 6) is 1.50. The minimum absolute atomic E-state index is 0.328. The molecule has 1 saturated heterocycles. The van der Waals surface area contributed by atoms with Gasteiger partial charge in [-0.2, -0.15) is 5.10 Å². The lowest BCUT2D eigenvalue weighted by atomic mass is 9.87. The first-order chi connectivity index (χ1) is 13.2. The number of hydrogen-bond acceptors (Lipinski definition) is 3. The van der Waals surface area contributed by atoms with Crippen LogP contribution in [0.2, 0.25) is 0 Å². The first-order valence-corrected chi connectivity index (χ1v) is 10.5. The molecule has 3 aromatic rings. The number of aromatic amines is 1. The van der Waals surface area contributed by atoms with E-state index in [9.17, 15) is 0 Å². The molecule has 0 unspecified atom stereocenters. The first-order valence-electron chi connectivity index (χ1n) is 10.5. The molecular weight excluding hydrogens is 334 g/mol. The lowest BCUT2D eigenvalue weighted by molar-refractivity contribution is 0.0970. The molecule has 142 valence electrons. The van der Waals surface area contributed by atoms with Gasteiger partial charge in [-0.15, -0.1) is 0 Å². The maximum atomic E-state index is 4.89. The van der Waals surface area contributed by atoms with Crippen LogP contribution in [0.15, 0.2) is 30.5 Å². The summed E-state index contributed by atoms with van der Waals surface area (Å²) in [5.41, 5.74) is 3.42. The molecule has 0 radical (unpaired) electrons. The molecule has 5 rings (SSSR count). The predicted octanol–water partition coefficient (Wildman–Crippen LogP) is 4.74. The molecule has 3 heterocycles. The number of para-hydroxylation sites is 1. The molecule has 2 aliphatic rings. The van der Waals surface area contributed by atoms with Crippen LogP contribution in [-0.2, 0) is 0 Å². The van der Waals surface area contributed by atoms with Gasteiger partial charge in [0.05, 0.1) is 5.52 Å². The first kappa shape index (κ1) is 17.0. The maximum absolute atomic E-state index is 4.89. The Kier molecular flexibility index (Phi) is 4.27. The highest BCUT2D eigenvalue weighted by molar-refractivity contribution is 5.91. The lowest BCUT2D eigenvalue weighted by Gasteiger charge is -2.41. The van der Waals surface area contributed by atoms with Crippen LogP contribution in [0.5, 0.6) is 0 Å². The molecule has 1 aliphatic heterocycles. The normalized spacial score (nSPS) is 19.8. The Bertz CT molecular complexity index is 925. The molecule has 27 heavy (non-hydrogen) atoms. The molecular formula is C22H29N5. The van der Waals surface area contributed by atoms with Gasteiger partial charge in [-0.1, -0.05) is 24.6 Å². The van der Waals surface area contributed by atoms with Crippen molar-refractivity contribution in [2.45, 2.75) is 64.0 Å². The fourth-order valence-corrected chi connectivity index (χ4v) is 4.65. The molecule has 5 heteroatoms. The topological polar surface area (TPSA) is 49.7 Å². The molecule has 5 nitrogen and oxygen atoms in total. The van der Waals surface area contributed by atoms with Crippen LogP contribution in [0.1, 0.15) is 63.6 Å². The zero-order valence-electron chi connectivity index (χ0n) is 16.4. The largest absolute Gasteiger partial charge is 0.340 e. The Morgan fingerprint density at radius 2 is 1.85 bits per heavy atom. The Morgan fingerprint density at radius 1 is 1.07 bits per heavy atom. The van der Waals surface area contributed by atoms with Gasteiger partial charge in [0.25, 0.3) is 0 Å². The van der Waals surface area contributed by atoms with Crippen molar-refractivity contribution in [2.75, 3.05) is 13.1 Å². The summed E-state index contributed by atoms with van der Waals surface area (Å²) < 4.78 is 2.10. The summed E-state index contributed by atoms with van der Waals surface area (Å²) in [7, 11) is 0. The minimum atomic E-state index is 0.328. The monoisotopic (exact) mass is 363 g/mol. The number of H-pyrrole nitrogens is 1. The minimum Gasteiger partial charge on any atom is -0.340 e. The second-order valence-corrected chi connectivity index (χ2v) is 8.49. The Balaban J connectivity index is 1.39. The predicted molar refractivity (Wildman–Crippen MR) is 109 cm³/mol. The van der Waals surface area contributed by atoms with Gasteiger partial charge in [-0.3, -0.25) is 4.68 Å². The number of aromatic nitrogens is 4. The fraction of sp³-hybridized carbons (Fsp3) is 0.545. The second kappa shape index (κ2) is 6.79. The zero-order valence-corrected chi connectivity index (χ0v) is 16.4. The average Bonchev–Trinajstić information content (AvgIpc) is 3.25. The second-order valence-electron chi connectivity index (χ2n) is 8.49. The van der Waals surface area contributed by atoms with Gasteiger partial charge in [-0.05, 0) is 58.7 Å². The molecule has 1 aliphatic carbocycles. The van der Waals surface area contributed by atoms with Gasteiger partial charge in [0.15, 0.2) is 5.82 Å². The summed E-state index contributed by atoms with van der Waals surface area (Å²) >= 11 is 0. The van der Waals surface area contributed by atoms with E-state index in [2.05, 4.69) is 52.7 Å². The Hall–Kier alpha value is -2.14. The van der Waals surface area contributed by atoms with E-state index in [4.69, 9.17) is 10.1 Å². The number of benzene rings is 1. The van der Waals surface area contributed by atoms with Gasteiger partial charge in [0, 0.05) is 35.3 Å². The van der Waals surface area contributed by atoms with E-state index >= 15 is 0 Å². The summed E-state index contributed by atoms with van der Waals surface area (Å²) in [6.07, 6.45) is 8.75. The molecule has 2 aromatic heterocycles. The van der Waals surface area contributed by atoms with Crippen LogP contribution in [0.25, 0.3) is 22.4 Å². The number of likely N-dealkylation sites (tertiary alicyclic amines) is 1. The standard InChI is InChI=1S/C22H29N5/c1-15(2)27-20-9-4-3-8-18(20)21(25-27)22-23-14-19(24-22)16-10-12-26(13-11-16)17-6-5-7-17/h3-4,8-9,14-17H,5-7,10-13H2,1-2H3,(H,23,24). The van der Waals surface area contributed by atoms with Crippen molar-refractivity contribution in [3.05, 3.63) is 36.2 Å². The number of imidazole rings is 1. The van der Waals surface area contributed by atoms with Gasteiger partial charge in [-0.25, -0.2) is 4.98 Å². The van der Waals surface area contributed by atoms with E-state index in [0.717, 1.165) is 17.6 Å². The molecule has 0 spiro atoms. The molecule has 0 atom stereocenters. The van der Waals surface area contributed by atoms with Crippen molar-refractivity contribution in [3.63, 3.8) is 0 Å². The number of rotatable bonds is 4. The van der Waals surface area contributed by atoms with Crippen LogP contribution in [0.4, 0.5) is 0 Å².